The molecule has 0 N–H and O–H groups in total. The number of rotatable bonds is 8. The SMILES string of the molecule is O=[C]OCCCCCc1ccc(SC(F)(F)F)cc1. The van der Waals surface area contributed by atoms with Crippen molar-refractivity contribution in [3.63, 3.8) is 0 Å². The van der Waals surface area contributed by atoms with Gasteiger partial charge in [0.2, 0.25) is 0 Å². The van der Waals surface area contributed by atoms with Crippen molar-refractivity contribution in [1.29, 1.82) is 0 Å². The highest BCUT2D eigenvalue weighted by atomic mass is 32.2. The molecule has 0 fully saturated rings. The summed E-state index contributed by atoms with van der Waals surface area (Å²) in [6.07, 6.45) is 3.40. The molecule has 0 spiro atoms. The minimum Gasteiger partial charge on any atom is -0.457 e. The first-order chi connectivity index (χ1) is 9.01. The Hall–Kier alpha value is -1.17. The summed E-state index contributed by atoms with van der Waals surface area (Å²) in [5.41, 5.74) is -3.23. The Kier molecular flexibility index (Phi) is 6.77. The fourth-order valence-electron chi connectivity index (χ4n) is 1.58. The van der Waals surface area contributed by atoms with E-state index in [4.69, 9.17) is 0 Å². The van der Waals surface area contributed by atoms with Crippen LogP contribution in [0, 0.1) is 0 Å². The van der Waals surface area contributed by atoms with E-state index in [-0.39, 0.29) is 16.7 Å². The maximum Gasteiger partial charge on any atom is 0.446 e. The predicted octanol–water partition coefficient (Wildman–Crippen LogP) is 4.10. The van der Waals surface area contributed by atoms with E-state index in [9.17, 15) is 18.0 Å². The van der Waals surface area contributed by atoms with Crippen LogP contribution < -0.4 is 0 Å². The molecule has 19 heavy (non-hydrogen) atoms. The average molecular weight is 291 g/mol. The van der Waals surface area contributed by atoms with Crippen LogP contribution in [-0.2, 0) is 16.0 Å². The lowest BCUT2D eigenvalue weighted by Crippen LogP contribution is -1.99. The molecule has 2 nitrogen and oxygen atoms in total. The van der Waals surface area contributed by atoms with Gasteiger partial charge in [0.15, 0.2) is 0 Å². The van der Waals surface area contributed by atoms with E-state index in [1.807, 2.05) is 0 Å². The zero-order valence-corrected chi connectivity index (χ0v) is 11.0. The predicted molar refractivity (Wildman–Crippen MR) is 67.6 cm³/mol. The van der Waals surface area contributed by atoms with Gasteiger partial charge in [-0.3, -0.25) is 0 Å². The molecule has 0 aromatic heterocycles. The number of aryl methyl sites for hydroxylation is 1. The standard InChI is InChI=1S/C13H14F3O2S/c14-13(15,16)19-12-7-5-11(6-8-12)4-2-1-3-9-18-10-17/h5-8H,1-4,9H2. The second-order valence-electron chi connectivity index (χ2n) is 3.93. The summed E-state index contributed by atoms with van der Waals surface area (Å²) >= 11 is -0.106. The molecule has 105 valence electrons. The van der Waals surface area contributed by atoms with Crippen LogP contribution in [0.3, 0.4) is 0 Å². The van der Waals surface area contributed by atoms with Crippen molar-refractivity contribution in [1.82, 2.24) is 0 Å². The average Bonchev–Trinajstić information content (AvgIpc) is 2.34. The number of halogens is 3. The van der Waals surface area contributed by atoms with E-state index < -0.39 is 5.51 Å². The third-order valence-electron chi connectivity index (χ3n) is 2.43. The third-order valence-corrected chi connectivity index (χ3v) is 3.17. The molecule has 0 aliphatic rings. The lowest BCUT2D eigenvalue weighted by atomic mass is 10.1. The number of benzene rings is 1. The first kappa shape index (κ1) is 15.9. The van der Waals surface area contributed by atoms with Gasteiger partial charge in [-0.1, -0.05) is 12.1 Å². The lowest BCUT2D eigenvalue weighted by Gasteiger charge is -2.06. The summed E-state index contributed by atoms with van der Waals surface area (Å²) in [6, 6.07) is 6.39. The van der Waals surface area contributed by atoms with E-state index in [2.05, 4.69) is 4.74 Å². The molecule has 1 aromatic carbocycles. The largest absolute Gasteiger partial charge is 0.457 e. The fourth-order valence-corrected chi connectivity index (χ4v) is 2.12. The van der Waals surface area contributed by atoms with E-state index in [0.717, 1.165) is 31.2 Å². The van der Waals surface area contributed by atoms with Gasteiger partial charge >= 0.3 is 12.0 Å². The van der Waals surface area contributed by atoms with E-state index >= 15 is 0 Å². The summed E-state index contributed by atoms with van der Waals surface area (Å²) in [6.45, 7) is 1.72. The van der Waals surface area contributed by atoms with Crippen LogP contribution >= 0.6 is 11.8 Å². The highest BCUT2D eigenvalue weighted by Gasteiger charge is 2.28. The molecule has 1 rings (SSSR count). The Labute approximate surface area is 114 Å². The number of thioether (sulfide) groups is 1. The maximum atomic E-state index is 12.1. The molecular formula is C13H14F3O2S. The molecule has 1 radical (unpaired) electrons. The number of carbonyl (C=O) groups excluding carboxylic acids is 1. The molecule has 0 heterocycles. The Morgan fingerprint density at radius 1 is 1.11 bits per heavy atom. The second-order valence-corrected chi connectivity index (χ2v) is 5.07. The molecule has 0 unspecified atom stereocenters. The zero-order valence-electron chi connectivity index (χ0n) is 10.2. The normalized spacial score (nSPS) is 11.3. The van der Waals surface area contributed by atoms with Crippen molar-refractivity contribution in [2.75, 3.05) is 6.61 Å². The van der Waals surface area contributed by atoms with Crippen molar-refractivity contribution >= 4 is 18.2 Å². The van der Waals surface area contributed by atoms with Crippen LogP contribution in [0.1, 0.15) is 24.8 Å². The van der Waals surface area contributed by atoms with Gasteiger partial charge in [0.05, 0.1) is 6.61 Å². The Balaban J connectivity index is 2.26. The minimum absolute atomic E-state index is 0.106. The van der Waals surface area contributed by atoms with Crippen LogP contribution in [0.25, 0.3) is 0 Å². The van der Waals surface area contributed by atoms with Crippen molar-refractivity contribution in [2.45, 2.75) is 36.1 Å². The number of alkyl halides is 3. The first-order valence-corrected chi connectivity index (χ1v) is 6.66. The van der Waals surface area contributed by atoms with Crippen LogP contribution in [-0.4, -0.2) is 18.6 Å². The maximum absolute atomic E-state index is 12.1. The molecule has 0 saturated heterocycles. The molecule has 1 aromatic rings. The monoisotopic (exact) mass is 291 g/mol. The molecule has 0 aliphatic heterocycles. The molecule has 0 amide bonds. The van der Waals surface area contributed by atoms with Gasteiger partial charge in [-0.15, -0.1) is 0 Å². The van der Waals surface area contributed by atoms with Gasteiger partial charge in [-0.05, 0) is 55.1 Å². The van der Waals surface area contributed by atoms with Gasteiger partial charge in [0.1, 0.15) is 0 Å². The van der Waals surface area contributed by atoms with Crippen molar-refractivity contribution in [2.24, 2.45) is 0 Å². The molecule has 0 atom stereocenters. The molecule has 0 aliphatic carbocycles. The van der Waals surface area contributed by atoms with Crippen LogP contribution in [0.2, 0.25) is 0 Å². The van der Waals surface area contributed by atoms with Crippen LogP contribution in [0.15, 0.2) is 29.2 Å². The van der Waals surface area contributed by atoms with E-state index in [1.165, 1.54) is 18.6 Å². The number of hydrogen-bond acceptors (Lipinski definition) is 3. The molecule has 0 saturated carbocycles. The minimum atomic E-state index is -4.24. The lowest BCUT2D eigenvalue weighted by molar-refractivity contribution is -0.0328. The van der Waals surface area contributed by atoms with Crippen molar-refractivity contribution < 1.29 is 22.7 Å². The summed E-state index contributed by atoms with van der Waals surface area (Å²) in [7, 11) is 0. The molecule has 6 heteroatoms. The second kappa shape index (κ2) is 8.09. The van der Waals surface area contributed by atoms with Crippen LogP contribution in [0.5, 0.6) is 0 Å². The van der Waals surface area contributed by atoms with Gasteiger partial charge in [0.25, 0.3) is 0 Å². The highest BCUT2D eigenvalue weighted by molar-refractivity contribution is 8.00. The van der Waals surface area contributed by atoms with E-state index in [1.54, 1.807) is 12.1 Å². The summed E-state index contributed by atoms with van der Waals surface area (Å²) in [5.74, 6) is 0. The fraction of sp³-hybridized carbons (Fsp3) is 0.462. The Morgan fingerprint density at radius 2 is 1.79 bits per heavy atom. The summed E-state index contributed by atoms with van der Waals surface area (Å²) in [4.78, 5) is 9.96. The van der Waals surface area contributed by atoms with Gasteiger partial charge in [0, 0.05) is 4.90 Å². The summed E-state index contributed by atoms with van der Waals surface area (Å²) < 4.78 is 40.8. The van der Waals surface area contributed by atoms with Crippen LogP contribution in [0.4, 0.5) is 13.2 Å². The third kappa shape index (κ3) is 7.77. The zero-order chi connectivity index (χ0) is 14.1. The van der Waals surface area contributed by atoms with Crippen molar-refractivity contribution in [3.05, 3.63) is 29.8 Å². The number of ether oxygens (including phenoxy) is 1. The van der Waals surface area contributed by atoms with E-state index in [0.29, 0.717) is 6.61 Å². The van der Waals surface area contributed by atoms with Gasteiger partial charge < -0.3 is 4.74 Å². The Morgan fingerprint density at radius 3 is 2.37 bits per heavy atom. The first-order valence-electron chi connectivity index (χ1n) is 5.85. The van der Waals surface area contributed by atoms with Gasteiger partial charge in [-0.25, -0.2) is 4.79 Å². The Bertz CT molecular complexity index is 376. The number of unbranched alkanes of at least 4 members (excludes halogenated alkanes) is 2. The highest BCUT2D eigenvalue weighted by Crippen LogP contribution is 2.36. The molecule has 0 bridgehead atoms. The smallest absolute Gasteiger partial charge is 0.446 e. The topological polar surface area (TPSA) is 26.3 Å². The van der Waals surface area contributed by atoms with Crippen molar-refractivity contribution in [3.8, 4) is 0 Å². The quantitative estimate of drug-likeness (QED) is 0.533. The number of hydrogen-bond donors (Lipinski definition) is 0. The molecular weight excluding hydrogens is 277 g/mol. The summed E-state index contributed by atoms with van der Waals surface area (Å²) in [5, 5.41) is 0. The van der Waals surface area contributed by atoms with Gasteiger partial charge in [-0.2, -0.15) is 13.2 Å².